The molecule has 4 aliphatic rings. The summed E-state index contributed by atoms with van der Waals surface area (Å²) in [7, 11) is 2.79. The second kappa shape index (κ2) is 12.4. The van der Waals surface area contributed by atoms with Crippen molar-refractivity contribution in [2.45, 2.75) is 75.0 Å². The van der Waals surface area contributed by atoms with Crippen LogP contribution in [0.25, 0.3) is 0 Å². The van der Waals surface area contributed by atoms with E-state index in [1.165, 1.54) is 7.11 Å². The molecule has 1 aliphatic carbocycles. The van der Waals surface area contributed by atoms with Gasteiger partial charge in [0.2, 0.25) is 6.79 Å². The molecule has 0 saturated carbocycles. The van der Waals surface area contributed by atoms with Crippen LogP contribution in [0.3, 0.4) is 0 Å². The molecule has 10 nitrogen and oxygen atoms in total. The first-order chi connectivity index (χ1) is 19.8. The summed E-state index contributed by atoms with van der Waals surface area (Å²) >= 11 is 0. The fourth-order valence-corrected chi connectivity index (χ4v) is 6.60. The van der Waals surface area contributed by atoms with E-state index in [0.717, 1.165) is 56.3 Å². The highest BCUT2D eigenvalue weighted by Gasteiger charge is 2.59. The topological polar surface area (TPSA) is 113 Å². The van der Waals surface area contributed by atoms with Gasteiger partial charge in [-0.3, -0.25) is 9.69 Å². The Labute approximate surface area is 241 Å². The van der Waals surface area contributed by atoms with Gasteiger partial charge in [-0.1, -0.05) is 25.5 Å². The van der Waals surface area contributed by atoms with Crippen LogP contribution in [0.2, 0.25) is 0 Å². The highest BCUT2D eigenvalue weighted by atomic mass is 16.7. The molecule has 5 rings (SSSR count). The lowest BCUT2D eigenvalue weighted by molar-refractivity contribution is -0.177. The molecule has 0 aromatic heterocycles. The van der Waals surface area contributed by atoms with Crippen LogP contribution in [0.15, 0.2) is 36.1 Å². The van der Waals surface area contributed by atoms with E-state index < -0.39 is 35.6 Å². The summed E-state index contributed by atoms with van der Waals surface area (Å²) in [5, 5.41) is 11.5. The Morgan fingerprint density at radius 1 is 1.20 bits per heavy atom. The third-order valence-electron chi connectivity index (χ3n) is 8.72. The van der Waals surface area contributed by atoms with E-state index in [1.54, 1.807) is 19.3 Å². The predicted octanol–water partition coefficient (Wildman–Crippen LogP) is 3.40. The van der Waals surface area contributed by atoms with Gasteiger partial charge in [-0.25, -0.2) is 4.79 Å². The highest BCUT2D eigenvalue weighted by molar-refractivity contribution is 5.86. The van der Waals surface area contributed by atoms with Crippen LogP contribution in [0, 0.1) is 0 Å². The summed E-state index contributed by atoms with van der Waals surface area (Å²) in [4.78, 5) is 28.5. The number of fused-ring (bicyclic) bond motifs is 3. The van der Waals surface area contributed by atoms with Gasteiger partial charge in [-0.15, -0.1) is 0 Å². The Balaban J connectivity index is 1.44. The lowest BCUT2D eigenvalue weighted by Gasteiger charge is -2.39. The van der Waals surface area contributed by atoms with Gasteiger partial charge >= 0.3 is 11.9 Å². The third-order valence-corrected chi connectivity index (χ3v) is 8.72. The van der Waals surface area contributed by atoms with Crippen molar-refractivity contribution in [2.24, 2.45) is 0 Å². The molecule has 3 aliphatic heterocycles. The molecule has 0 amide bonds. The summed E-state index contributed by atoms with van der Waals surface area (Å²) in [5.41, 5.74) is -0.416. The maximum atomic E-state index is 13.8. The van der Waals surface area contributed by atoms with Crippen molar-refractivity contribution in [3.05, 3.63) is 47.2 Å². The van der Waals surface area contributed by atoms with Gasteiger partial charge in [-0.05, 0) is 61.6 Å². The largest absolute Gasteiger partial charge is 0.497 e. The Bertz CT molecular complexity index is 1200. The summed E-state index contributed by atoms with van der Waals surface area (Å²) < 4.78 is 33.7. The minimum absolute atomic E-state index is 0.131. The molecule has 1 aromatic rings. The Hall–Kier alpha value is -3.08. The number of unbranched alkanes of at least 4 members (excludes halogenated alkanes) is 1. The molecule has 1 N–H and O–H groups in total. The first-order valence-electron chi connectivity index (χ1n) is 14.5. The van der Waals surface area contributed by atoms with Crippen LogP contribution in [-0.2, 0) is 35.0 Å². The zero-order chi connectivity index (χ0) is 29.0. The molecule has 10 heteroatoms. The average molecular weight is 572 g/mol. The zero-order valence-corrected chi connectivity index (χ0v) is 24.2. The number of rotatable bonds is 12. The van der Waals surface area contributed by atoms with Gasteiger partial charge < -0.3 is 33.5 Å². The molecule has 1 aromatic carbocycles. The second-order valence-electron chi connectivity index (χ2n) is 11.2. The number of benzene rings is 1. The van der Waals surface area contributed by atoms with E-state index in [1.807, 2.05) is 12.1 Å². The van der Waals surface area contributed by atoms with Crippen LogP contribution >= 0.6 is 0 Å². The summed E-state index contributed by atoms with van der Waals surface area (Å²) in [6.45, 7) is 4.98. The van der Waals surface area contributed by atoms with Gasteiger partial charge in [0.15, 0.2) is 23.2 Å². The third kappa shape index (κ3) is 5.69. The number of esters is 2. The van der Waals surface area contributed by atoms with E-state index in [4.69, 9.17) is 28.4 Å². The molecule has 1 spiro atoms. The molecule has 3 heterocycles. The normalized spacial score (nSPS) is 26.0. The zero-order valence-electron chi connectivity index (χ0n) is 24.2. The van der Waals surface area contributed by atoms with Gasteiger partial charge in [0.05, 0.1) is 38.7 Å². The summed E-state index contributed by atoms with van der Waals surface area (Å²) in [6, 6.07) is 4.03. The number of ether oxygens (including phenoxy) is 6. The molecule has 1 fully saturated rings. The smallest absolute Gasteiger partial charge is 0.339 e. The van der Waals surface area contributed by atoms with Crippen molar-refractivity contribution in [2.75, 3.05) is 47.3 Å². The lowest BCUT2D eigenvalue weighted by Crippen LogP contribution is -2.49. The van der Waals surface area contributed by atoms with Crippen molar-refractivity contribution >= 4 is 11.9 Å². The van der Waals surface area contributed by atoms with Crippen molar-refractivity contribution in [1.29, 1.82) is 0 Å². The molecule has 0 radical (unpaired) electrons. The molecule has 41 heavy (non-hydrogen) atoms. The number of aliphatic hydroxyl groups is 1. The Kier molecular flexibility index (Phi) is 8.91. The van der Waals surface area contributed by atoms with Crippen molar-refractivity contribution in [1.82, 2.24) is 4.90 Å². The number of carbonyl (C=O) groups excluding carboxylic acids is 2. The number of nitrogens with zero attached hydrogens (tertiary/aromatic N) is 1. The standard InChI is InChI=1S/C31H41NO9/c1-4-5-14-38-15-7-6-11-31(35,19-26(33)37-3)29(34)41-28-25(36-2)18-30-10-8-12-32(30)13-9-21-16-23-24(40-20-39-23)17-22(21)27(28)30/h6-7,16-18,27-28,35H,4-5,8-15,19-20H2,1-3H3/b7-6+/t27-,28-,30+,31-/m1/s1. The van der Waals surface area contributed by atoms with E-state index in [9.17, 15) is 14.7 Å². The van der Waals surface area contributed by atoms with Crippen LogP contribution in [0.1, 0.15) is 62.5 Å². The van der Waals surface area contributed by atoms with E-state index in [-0.39, 0.29) is 19.1 Å². The van der Waals surface area contributed by atoms with Gasteiger partial charge in [0.25, 0.3) is 0 Å². The predicted molar refractivity (Wildman–Crippen MR) is 149 cm³/mol. The minimum Gasteiger partial charge on any atom is -0.497 e. The Morgan fingerprint density at radius 3 is 2.76 bits per heavy atom. The van der Waals surface area contributed by atoms with Crippen LogP contribution < -0.4 is 9.47 Å². The number of methoxy groups -OCH3 is 2. The van der Waals surface area contributed by atoms with Crippen LogP contribution in [-0.4, -0.2) is 86.5 Å². The minimum atomic E-state index is -2.13. The van der Waals surface area contributed by atoms with Crippen LogP contribution in [0.4, 0.5) is 0 Å². The fraction of sp³-hybridized carbons (Fsp3) is 0.613. The van der Waals surface area contributed by atoms with Crippen molar-refractivity contribution in [3.8, 4) is 11.5 Å². The fourth-order valence-electron chi connectivity index (χ4n) is 6.60. The van der Waals surface area contributed by atoms with E-state index in [2.05, 4.69) is 17.9 Å². The Morgan fingerprint density at radius 2 is 2.00 bits per heavy atom. The monoisotopic (exact) mass is 571 g/mol. The average Bonchev–Trinajstić information content (AvgIpc) is 3.66. The van der Waals surface area contributed by atoms with E-state index in [0.29, 0.717) is 30.5 Å². The highest BCUT2D eigenvalue weighted by Crippen LogP contribution is 2.55. The molecule has 0 unspecified atom stereocenters. The van der Waals surface area contributed by atoms with Gasteiger partial charge in [0, 0.05) is 19.6 Å². The SMILES string of the molecule is CCCCOC/C=C/C[C@@](O)(CC(=O)OC)C(=O)O[C@@H]1C(OC)=C[C@]23CCCN2CCc2cc4c(cc2[C@H]13)OCO4. The first-order valence-corrected chi connectivity index (χ1v) is 14.5. The summed E-state index contributed by atoms with van der Waals surface area (Å²) in [5.74, 6) is -0.00155. The van der Waals surface area contributed by atoms with Gasteiger partial charge in [-0.2, -0.15) is 0 Å². The summed E-state index contributed by atoms with van der Waals surface area (Å²) in [6.07, 6.45) is 8.66. The maximum Gasteiger partial charge on any atom is 0.339 e. The molecule has 0 bridgehead atoms. The van der Waals surface area contributed by atoms with Gasteiger partial charge in [0.1, 0.15) is 5.76 Å². The number of carbonyl (C=O) groups is 2. The molecule has 224 valence electrons. The molecular weight excluding hydrogens is 530 g/mol. The molecule has 1 saturated heterocycles. The quantitative estimate of drug-likeness (QED) is 0.228. The van der Waals surface area contributed by atoms with Crippen molar-refractivity contribution in [3.63, 3.8) is 0 Å². The first kappa shape index (κ1) is 29.4. The second-order valence-corrected chi connectivity index (χ2v) is 11.2. The maximum absolute atomic E-state index is 13.8. The van der Waals surface area contributed by atoms with Crippen LogP contribution in [0.5, 0.6) is 11.5 Å². The molecular formula is C31H41NO9. The number of hydrogen-bond donors (Lipinski definition) is 1. The number of hydrogen-bond acceptors (Lipinski definition) is 10. The van der Waals surface area contributed by atoms with E-state index >= 15 is 0 Å². The molecule has 4 atom stereocenters. The lowest BCUT2D eigenvalue weighted by atomic mass is 9.77. The van der Waals surface area contributed by atoms with Crippen molar-refractivity contribution < 1.29 is 43.1 Å².